The van der Waals surface area contributed by atoms with Crippen molar-refractivity contribution in [3.63, 3.8) is 0 Å². The Morgan fingerprint density at radius 1 is 1.08 bits per heavy atom. The summed E-state index contributed by atoms with van der Waals surface area (Å²) >= 11 is 13.5. The van der Waals surface area contributed by atoms with E-state index in [1.54, 1.807) is 18.2 Å². The van der Waals surface area contributed by atoms with Crippen molar-refractivity contribution in [3.05, 3.63) is 94.8 Å². The number of nitrogens with zero attached hydrogens (tertiary/aromatic N) is 3. The van der Waals surface area contributed by atoms with E-state index in [0.717, 1.165) is 16.5 Å². The molecule has 0 fully saturated rings. The van der Waals surface area contributed by atoms with Crippen molar-refractivity contribution >= 4 is 63.2 Å². The smallest absolute Gasteiger partial charge is 0.253 e. The molecule has 196 valence electrons. The number of carbonyl (C=O) groups is 2. The van der Waals surface area contributed by atoms with Gasteiger partial charge in [-0.2, -0.15) is 0 Å². The van der Waals surface area contributed by atoms with E-state index in [9.17, 15) is 9.59 Å². The maximum absolute atomic E-state index is 13.0. The maximum Gasteiger partial charge on any atom is 0.253 e. The van der Waals surface area contributed by atoms with Crippen molar-refractivity contribution in [1.82, 2.24) is 20.1 Å². The zero-order valence-corrected chi connectivity index (χ0v) is 23.3. The van der Waals surface area contributed by atoms with Crippen LogP contribution in [0.4, 0.5) is 5.69 Å². The standard InChI is InChI=1S/C28H27Cl2N5O2S/c1-4-14-35-26(25(17(2)3)32-27(37)21-13-12-19(29)15-22(21)30)33-34-28(35)38-16-24(36)31-23-11-7-9-18-8-5-6-10-20(18)23/h4-13,15,17,25H,1,14,16H2,2-3H3,(H,31,36)(H,32,37)/t25-/m0/s1. The Bertz CT molecular complexity index is 1480. The molecule has 4 aromatic rings. The molecule has 0 unspecified atom stereocenters. The van der Waals surface area contributed by atoms with Crippen LogP contribution in [0, 0.1) is 5.92 Å². The van der Waals surface area contributed by atoms with Crippen molar-refractivity contribution < 1.29 is 9.59 Å². The average Bonchev–Trinajstić information content (AvgIpc) is 3.28. The molecular weight excluding hydrogens is 541 g/mol. The number of halogens is 2. The highest BCUT2D eigenvalue weighted by molar-refractivity contribution is 7.99. The Morgan fingerprint density at radius 2 is 1.84 bits per heavy atom. The molecule has 1 heterocycles. The van der Waals surface area contributed by atoms with Gasteiger partial charge in [0.25, 0.3) is 5.91 Å². The number of hydrogen-bond donors (Lipinski definition) is 2. The predicted molar refractivity (Wildman–Crippen MR) is 155 cm³/mol. The molecule has 0 aliphatic rings. The maximum atomic E-state index is 13.0. The highest BCUT2D eigenvalue weighted by atomic mass is 35.5. The van der Waals surface area contributed by atoms with Gasteiger partial charge in [0.15, 0.2) is 11.0 Å². The van der Waals surface area contributed by atoms with Crippen LogP contribution >= 0.6 is 35.0 Å². The minimum atomic E-state index is -0.458. The van der Waals surface area contributed by atoms with Gasteiger partial charge in [0.2, 0.25) is 5.91 Å². The number of fused-ring (bicyclic) bond motifs is 1. The fourth-order valence-corrected chi connectivity index (χ4v) is 5.26. The van der Waals surface area contributed by atoms with Crippen molar-refractivity contribution in [2.45, 2.75) is 31.6 Å². The number of anilines is 1. The number of thioether (sulfide) groups is 1. The summed E-state index contributed by atoms with van der Waals surface area (Å²) in [6, 6.07) is 18.0. The summed E-state index contributed by atoms with van der Waals surface area (Å²) in [5.74, 6) is 0.187. The molecule has 4 rings (SSSR count). The summed E-state index contributed by atoms with van der Waals surface area (Å²) in [5, 5.41) is 18.0. The van der Waals surface area contributed by atoms with Gasteiger partial charge < -0.3 is 15.2 Å². The highest BCUT2D eigenvalue weighted by Crippen LogP contribution is 2.28. The van der Waals surface area contributed by atoms with Crippen molar-refractivity contribution in [3.8, 4) is 0 Å². The quantitative estimate of drug-likeness (QED) is 0.163. The van der Waals surface area contributed by atoms with Crippen molar-refractivity contribution in [1.29, 1.82) is 0 Å². The Labute approximate surface area is 235 Å². The van der Waals surface area contributed by atoms with Gasteiger partial charge in [-0.25, -0.2) is 0 Å². The van der Waals surface area contributed by atoms with Crippen LogP contribution in [0.25, 0.3) is 10.8 Å². The number of rotatable bonds is 10. The molecule has 38 heavy (non-hydrogen) atoms. The van der Waals surface area contributed by atoms with Crippen LogP contribution in [0.1, 0.15) is 36.1 Å². The van der Waals surface area contributed by atoms with E-state index in [4.69, 9.17) is 23.2 Å². The molecular formula is C28H27Cl2N5O2S. The summed E-state index contributed by atoms with van der Waals surface area (Å²) in [5.41, 5.74) is 1.07. The second-order valence-corrected chi connectivity index (χ2v) is 10.7. The molecule has 0 radical (unpaired) electrons. The molecule has 1 atom stereocenters. The minimum absolute atomic E-state index is 0.00898. The van der Waals surface area contributed by atoms with Gasteiger partial charge in [-0.05, 0) is 35.6 Å². The first-order valence-corrected chi connectivity index (χ1v) is 13.7. The number of allylic oxidation sites excluding steroid dienone is 1. The van der Waals surface area contributed by atoms with E-state index in [2.05, 4.69) is 27.4 Å². The summed E-state index contributed by atoms with van der Waals surface area (Å²) in [4.78, 5) is 25.9. The number of amides is 2. The SMILES string of the molecule is C=CCn1c(SCC(=O)Nc2cccc3ccccc23)nnc1[C@@H](NC(=O)c1ccc(Cl)cc1Cl)C(C)C. The molecule has 3 aromatic carbocycles. The van der Waals surface area contributed by atoms with Crippen LogP contribution in [0.2, 0.25) is 10.0 Å². The van der Waals surface area contributed by atoms with E-state index >= 15 is 0 Å². The van der Waals surface area contributed by atoms with Crippen LogP contribution in [0.15, 0.2) is 78.5 Å². The van der Waals surface area contributed by atoms with Crippen molar-refractivity contribution in [2.24, 2.45) is 5.92 Å². The Kier molecular flexibility index (Phi) is 9.09. The van der Waals surface area contributed by atoms with Crippen molar-refractivity contribution in [2.75, 3.05) is 11.1 Å². The van der Waals surface area contributed by atoms with Crippen LogP contribution < -0.4 is 10.6 Å². The minimum Gasteiger partial charge on any atom is -0.342 e. The van der Waals surface area contributed by atoms with Crippen LogP contribution in [-0.4, -0.2) is 32.3 Å². The van der Waals surface area contributed by atoms with Gasteiger partial charge in [-0.15, -0.1) is 16.8 Å². The summed E-state index contributed by atoms with van der Waals surface area (Å²) < 4.78 is 1.86. The van der Waals surface area contributed by atoms with Gasteiger partial charge in [0, 0.05) is 22.6 Å². The van der Waals surface area contributed by atoms with E-state index in [1.165, 1.54) is 17.8 Å². The topological polar surface area (TPSA) is 88.9 Å². The second-order valence-electron chi connectivity index (χ2n) is 8.92. The van der Waals surface area contributed by atoms with E-state index < -0.39 is 6.04 Å². The first-order chi connectivity index (χ1) is 18.3. The van der Waals surface area contributed by atoms with Gasteiger partial charge in [0.1, 0.15) is 0 Å². The molecule has 0 saturated heterocycles. The lowest BCUT2D eigenvalue weighted by atomic mass is 10.0. The number of hydrogen-bond acceptors (Lipinski definition) is 5. The summed E-state index contributed by atoms with van der Waals surface area (Å²) in [7, 11) is 0. The summed E-state index contributed by atoms with van der Waals surface area (Å²) in [6.07, 6.45) is 1.72. The molecule has 0 bridgehead atoms. The second kappa shape index (κ2) is 12.5. The molecule has 1 aromatic heterocycles. The van der Waals surface area contributed by atoms with Crippen LogP contribution in [0.5, 0.6) is 0 Å². The Morgan fingerprint density at radius 3 is 2.58 bits per heavy atom. The van der Waals surface area contributed by atoms with E-state index in [-0.39, 0.29) is 28.5 Å². The molecule has 7 nitrogen and oxygen atoms in total. The number of nitrogens with one attached hydrogen (secondary N) is 2. The largest absolute Gasteiger partial charge is 0.342 e. The Hall–Kier alpha value is -3.33. The lowest BCUT2D eigenvalue weighted by Gasteiger charge is -2.23. The fraction of sp³-hybridized carbons (Fsp3) is 0.214. The van der Waals surface area contributed by atoms with Gasteiger partial charge in [-0.1, -0.05) is 91.3 Å². The molecule has 0 saturated carbocycles. The molecule has 10 heteroatoms. The normalized spacial score (nSPS) is 11.9. The van der Waals surface area contributed by atoms with Gasteiger partial charge in [0.05, 0.1) is 22.4 Å². The van der Waals surface area contributed by atoms with Gasteiger partial charge >= 0.3 is 0 Å². The molecule has 2 N–H and O–H groups in total. The predicted octanol–water partition coefficient (Wildman–Crippen LogP) is 6.78. The first kappa shape index (κ1) is 27.7. The van der Waals surface area contributed by atoms with E-state index in [1.807, 2.05) is 60.9 Å². The Balaban J connectivity index is 1.50. The van der Waals surface area contributed by atoms with Crippen LogP contribution in [0.3, 0.4) is 0 Å². The lowest BCUT2D eigenvalue weighted by Crippen LogP contribution is -2.34. The fourth-order valence-electron chi connectivity index (χ4n) is 4.01. The first-order valence-electron chi connectivity index (χ1n) is 12.0. The zero-order valence-electron chi connectivity index (χ0n) is 20.9. The van der Waals surface area contributed by atoms with Gasteiger partial charge in [-0.3, -0.25) is 9.59 Å². The monoisotopic (exact) mass is 567 g/mol. The zero-order chi connectivity index (χ0) is 27.2. The van der Waals surface area contributed by atoms with E-state index in [0.29, 0.717) is 28.1 Å². The molecule has 0 aliphatic carbocycles. The number of benzene rings is 3. The third-order valence-electron chi connectivity index (χ3n) is 5.86. The van der Waals surface area contributed by atoms with Crippen LogP contribution in [-0.2, 0) is 11.3 Å². The number of carbonyl (C=O) groups excluding carboxylic acids is 2. The third kappa shape index (κ3) is 6.38. The lowest BCUT2D eigenvalue weighted by molar-refractivity contribution is -0.113. The number of aromatic nitrogens is 3. The molecule has 0 spiro atoms. The molecule has 0 aliphatic heterocycles. The average molecular weight is 569 g/mol. The third-order valence-corrected chi connectivity index (χ3v) is 7.37. The summed E-state index contributed by atoms with van der Waals surface area (Å²) in [6.45, 7) is 8.22. The molecule has 2 amide bonds. The highest BCUT2D eigenvalue weighted by Gasteiger charge is 2.27.